The Labute approximate surface area is 130 Å². The van der Waals surface area contributed by atoms with Gasteiger partial charge >= 0.3 is 7.75 Å². The van der Waals surface area contributed by atoms with Gasteiger partial charge in [-0.25, -0.2) is 14.2 Å². The predicted octanol–water partition coefficient (Wildman–Crippen LogP) is -3.12. The van der Waals surface area contributed by atoms with Gasteiger partial charge in [-0.1, -0.05) is 0 Å². The molecule has 1 saturated heterocycles. The number of aliphatic imine (C=N–C) groups is 2. The van der Waals surface area contributed by atoms with Gasteiger partial charge < -0.3 is 34.7 Å². The molecule has 0 aromatic heterocycles. The van der Waals surface area contributed by atoms with Crippen LogP contribution in [0, 0.1) is 5.41 Å². The van der Waals surface area contributed by atoms with Crippen LogP contribution >= 0.6 is 7.75 Å². The van der Waals surface area contributed by atoms with Crippen molar-refractivity contribution in [1.82, 2.24) is 9.57 Å². The Bertz CT molecular complexity index is 608. The zero-order chi connectivity index (χ0) is 16.9. The van der Waals surface area contributed by atoms with Crippen LogP contribution in [0.3, 0.4) is 0 Å². The van der Waals surface area contributed by atoms with E-state index in [9.17, 15) is 24.6 Å². The highest BCUT2D eigenvalue weighted by molar-refractivity contribution is 7.49. The van der Waals surface area contributed by atoms with Gasteiger partial charge in [0.1, 0.15) is 30.8 Å². The lowest BCUT2D eigenvalue weighted by Gasteiger charge is -2.40. The summed E-state index contributed by atoms with van der Waals surface area (Å²) in [5.74, 6) is -0.204. The summed E-state index contributed by atoms with van der Waals surface area (Å²) in [6.45, 7) is -0.534. The SMILES string of the molecule is N=C1N=CN(P(=O)(O)O)C2C1N=CN2[C@@H]1O[C@H](CO)[C@@H](O)[C@H]1O. The number of aliphatic hydroxyl groups is 3. The number of amidine groups is 1. The first-order chi connectivity index (χ1) is 10.8. The van der Waals surface area contributed by atoms with Gasteiger partial charge in [-0.2, -0.15) is 0 Å². The predicted molar refractivity (Wildman–Crippen MR) is 75.8 cm³/mol. The molecule has 2 unspecified atom stereocenters. The van der Waals surface area contributed by atoms with Crippen LogP contribution in [0.2, 0.25) is 0 Å². The molecule has 6 atom stereocenters. The summed E-state index contributed by atoms with van der Waals surface area (Å²) >= 11 is 0. The van der Waals surface area contributed by atoms with Gasteiger partial charge in [0.2, 0.25) is 0 Å². The molecule has 0 aromatic carbocycles. The second-order valence-corrected chi connectivity index (χ2v) is 6.81. The first-order valence-corrected chi connectivity index (χ1v) is 8.22. The van der Waals surface area contributed by atoms with Gasteiger partial charge in [-0.05, 0) is 0 Å². The molecule has 0 saturated carbocycles. The molecule has 0 spiro atoms. The second kappa shape index (κ2) is 5.60. The standard InChI is InChI=1S/C10H16N5O7P/c11-8-5-9(15(3-13-8)23(19,20)21)14(2-12-5)10-7(18)6(17)4(1-16)22-10/h2-7,9-11,16-18H,1H2,(H2,19,20,21)/t4-,5?,6-,7-,9?,10-/m1/s1. The molecule has 6 N–H and O–H groups in total. The fourth-order valence-corrected chi connectivity index (χ4v) is 3.52. The van der Waals surface area contributed by atoms with E-state index in [1.54, 1.807) is 0 Å². The third kappa shape index (κ3) is 2.58. The second-order valence-electron chi connectivity index (χ2n) is 5.32. The molecule has 0 amide bonds. The third-order valence-electron chi connectivity index (χ3n) is 3.93. The summed E-state index contributed by atoms with van der Waals surface area (Å²) < 4.78 is 17.6. The lowest BCUT2D eigenvalue weighted by Crippen LogP contribution is -2.58. The Balaban J connectivity index is 1.92. The molecule has 0 bridgehead atoms. The van der Waals surface area contributed by atoms with Crippen molar-refractivity contribution in [2.75, 3.05) is 6.61 Å². The van der Waals surface area contributed by atoms with Crippen molar-refractivity contribution >= 4 is 26.3 Å². The van der Waals surface area contributed by atoms with E-state index < -0.39 is 51.1 Å². The largest absolute Gasteiger partial charge is 0.432 e. The summed E-state index contributed by atoms with van der Waals surface area (Å²) in [4.78, 5) is 27.7. The average molecular weight is 349 g/mol. The summed E-state index contributed by atoms with van der Waals surface area (Å²) in [6, 6.07) is -0.978. The highest BCUT2D eigenvalue weighted by Crippen LogP contribution is 2.45. The maximum absolute atomic E-state index is 11.6. The number of fused-ring (bicyclic) bond motifs is 1. The molecule has 0 radical (unpaired) electrons. The van der Waals surface area contributed by atoms with Crippen LogP contribution in [0.4, 0.5) is 0 Å². The van der Waals surface area contributed by atoms with Crippen molar-refractivity contribution in [2.24, 2.45) is 9.98 Å². The van der Waals surface area contributed by atoms with E-state index in [-0.39, 0.29) is 5.84 Å². The number of hydrogen-bond acceptors (Lipinski definition) is 8. The average Bonchev–Trinajstić information content (AvgIpc) is 3.02. The topological polar surface area (TPSA) is 182 Å². The maximum atomic E-state index is 11.6. The molecule has 128 valence electrons. The molecule has 3 heterocycles. The summed E-state index contributed by atoms with van der Waals surface area (Å²) in [6.07, 6.45) is -4.13. The molecule has 23 heavy (non-hydrogen) atoms. The number of rotatable bonds is 3. The highest BCUT2D eigenvalue weighted by Gasteiger charge is 2.53. The minimum absolute atomic E-state index is 0.204. The van der Waals surface area contributed by atoms with E-state index in [0.717, 1.165) is 6.34 Å². The quantitative estimate of drug-likeness (QED) is 0.287. The Kier molecular flexibility index (Phi) is 4.01. The molecule has 3 aliphatic heterocycles. The fraction of sp³-hybridized carbons (Fsp3) is 0.700. The molecule has 13 heteroatoms. The normalized spacial score (nSPS) is 40.1. The van der Waals surface area contributed by atoms with Crippen LogP contribution in [0.15, 0.2) is 9.98 Å². The molecular weight excluding hydrogens is 333 g/mol. The molecule has 0 aliphatic carbocycles. The van der Waals surface area contributed by atoms with Gasteiger partial charge in [0, 0.05) is 0 Å². The van der Waals surface area contributed by atoms with E-state index in [1.165, 1.54) is 11.2 Å². The summed E-state index contributed by atoms with van der Waals surface area (Å²) in [5.41, 5.74) is 0. The van der Waals surface area contributed by atoms with E-state index in [2.05, 4.69) is 9.98 Å². The third-order valence-corrected chi connectivity index (χ3v) is 4.87. The number of nitrogens with zero attached hydrogens (tertiary/aromatic N) is 4. The molecule has 1 fully saturated rings. The van der Waals surface area contributed by atoms with Gasteiger partial charge in [-0.15, -0.1) is 0 Å². The number of ether oxygens (including phenoxy) is 1. The molecular formula is C10H16N5O7P. The van der Waals surface area contributed by atoms with E-state index >= 15 is 0 Å². The first kappa shape index (κ1) is 16.5. The fourth-order valence-electron chi connectivity index (χ4n) is 2.78. The van der Waals surface area contributed by atoms with E-state index in [4.69, 9.17) is 15.3 Å². The Morgan fingerprint density at radius 1 is 1.30 bits per heavy atom. The number of hydrogen-bond donors (Lipinski definition) is 6. The van der Waals surface area contributed by atoms with Crippen molar-refractivity contribution in [3.05, 3.63) is 0 Å². The minimum Gasteiger partial charge on any atom is -0.394 e. The molecule has 3 rings (SSSR count). The van der Waals surface area contributed by atoms with Crippen LogP contribution in [-0.2, 0) is 9.30 Å². The van der Waals surface area contributed by atoms with Crippen molar-refractivity contribution < 1.29 is 34.4 Å². The first-order valence-electron chi connectivity index (χ1n) is 6.66. The number of nitrogens with one attached hydrogen (secondary N) is 1. The lowest BCUT2D eigenvalue weighted by atomic mass is 10.1. The number of aliphatic hydroxyl groups excluding tert-OH is 3. The molecule has 12 nitrogen and oxygen atoms in total. The Hall–Kier alpha value is -1.40. The van der Waals surface area contributed by atoms with Crippen LogP contribution in [-0.4, -0.2) is 96.5 Å². The zero-order valence-electron chi connectivity index (χ0n) is 11.6. The summed E-state index contributed by atoms with van der Waals surface area (Å²) in [7, 11) is -4.76. The van der Waals surface area contributed by atoms with Crippen molar-refractivity contribution in [3.8, 4) is 0 Å². The van der Waals surface area contributed by atoms with Crippen LogP contribution in [0.25, 0.3) is 0 Å². The smallest absolute Gasteiger partial charge is 0.394 e. The van der Waals surface area contributed by atoms with Crippen LogP contribution in [0.5, 0.6) is 0 Å². The maximum Gasteiger partial charge on any atom is 0.432 e. The van der Waals surface area contributed by atoms with Crippen molar-refractivity contribution in [2.45, 2.75) is 36.7 Å². The molecule has 3 aliphatic rings. The van der Waals surface area contributed by atoms with Crippen molar-refractivity contribution in [1.29, 1.82) is 5.41 Å². The zero-order valence-corrected chi connectivity index (χ0v) is 12.5. The monoisotopic (exact) mass is 349 g/mol. The van der Waals surface area contributed by atoms with E-state index in [1.807, 2.05) is 0 Å². The lowest BCUT2D eigenvalue weighted by molar-refractivity contribution is -0.0876. The van der Waals surface area contributed by atoms with Gasteiger partial charge in [0.25, 0.3) is 0 Å². The Morgan fingerprint density at radius 3 is 2.57 bits per heavy atom. The van der Waals surface area contributed by atoms with Gasteiger partial charge in [0.05, 0.1) is 12.9 Å². The van der Waals surface area contributed by atoms with E-state index in [0.29, 0.717) is 4.67 Å². The van der Waals surface area contributed by atoms with Crippen LogP contribution in [0.1, 0.15) is 0 Å². The molecule has 0 aromatic rings. The highest BCUT2D eigenvalue weighted by atomic mass is 31.2. The summed E-state index contributed by atoms with van der Waals surface area (Å²) in [5, 5.41) is 36.8. The van der Waals surface area contributed by atoms with Crippen LogP contribution < -0.4 is 0 Å². The Morgan fingerprint density at radius 2 is 2.00 bits per heavy atom. The van der Waals surface area contributed by atoms with Gasteiger partial charge in [0.15, 0.2) is 18.1 Å². The van der Waals surface area contributed by atoms with Crippen molar-refractivity contribution in [3.63, 3.8) is 0 Å². The minimum atomic E-state index is -4.76. The van der Waals surface area contributed by atoms with Gasteiger partial charge in [-0.3, -0.25) is 10.4 Å².